The Balaban J connectivity index is 1.52. The van der Waals surface area contributed by atoms with Gasteiger partial charge in [0.1, 0.15) is 17.0 Å². The first-order chi connectivity index (χ1) is 12.3. The van der Waals surface area contributed by atoms with Gasteiger partial charge in [-0.25, -0.2) is 14.8 Å². The molecule has 134 valence electrons. The molecule has 1 aliphatic carbocycles. The van der Waals surface area contributed by atoms with Gasteiger partial charge in [-0.3, -0.25) is 0 Å². The Hall–Kier alpha value is -1.89. The van der Waals surface area contributed by atoms with Crippen LogP contribution in [0.1, 0.15) is 49.5 Å². The van der Waals surface area contributed by atoms with Crippen molar-refractivity contribution in [2.45, 2.75) is 58.0 Å². The molecule has 2 aromatic heterocycles. The maximum atomic E-state index is 12.6. The van der Waals surface area contributed by atoms with E-state index in [4.69, 9.17) is 0 Å². The van der Waals surface area contributed by atoms with E-state index in [1.807, 2.05) is 4.90 Å². The van der Waals surface area contributed by atoms with Crippen molar-refractivity contribution in [1.82, 2.24) is 20.2 Å². The quantitative estimate of drug-likeness (QED) is 0.880. The van der Waals surface area contributed by atoms with Gasteiger partial charge in [0.05, 0.1) is 11.9 Å². The third-order valence-corrected chi connectivity index (χ3v) is 6.33. The number of hydrogen-bond acceptors (Lipinski definition) is 5. The van der Waals surface area contributed by atoms with Crippen molar-refractivity contribution < 1.29 is 4.79 Å². The number of anilines is 1. The van der Waals surface area contributed by atoms with E-state index in [2.05, 4.69) is 27.5 Å². The molecule has 0 radical (unpaired) electrons. The third-order valence-electron chi connectivity index (χ3n) is 5.20. The molecule has 4 rings (SSSR count). The van der Waals surface area contributed by atoms with Gasteiger partial charge >= 0.3 is 6.03 Å². The van der Waals surface area contributed by atoms with Crippen LogP contribution in [0.5, 0.6) is 0 Å². The molecule has 6 nitrogen and oxygen atoms in total. The van der Waals surface area contributed by atoms with Gasteiger partial charge in [-0.2, -0.15) is 0 Å². The van der Waals surface area contributed by atoms with Gasteiger partial charge < -0.3 is 15.5 Å². The number of thiophene rings is 1. The first-order valence-corrected chi connectivity index (χ1v) is 10.1. The zero-order chi connectivity index (χ0) is 17.2. The molecule has 0 unspecified atom stereocenters. The summed E-state index contributed by atoms with van der Waals surface area (Å²) in [7, 11) is 0. The summed E-state index contributed by atoms with van der Waals surface area (Å²) in [4.78, 5) is 25.7. The molecule has 3 heterocycles. The number of urea groups is 1. The Labute approximate surface area is 152 Å². The fraction of sp³-hybridized carbons (Fsp3) is 0.611. The number of amides is 2. The van der Waals surface area contributed by atoms with Gasteiger partial charge in [-0.1, -0.05) is 19.3 Å². The highest BCUT2D eigenvalue weighted by Crippen LogP contribution is 2.37. The fourth-order valence-electron chi connectivity index (χ4n) is 3.92. The van der Waals surface area contributed by atoms with E-state index in [1.165, 1.54) is 29.7 Å². The van der Waals surface area contributed by atoms with Crippen LogP contribution in [0.25, 0.3) is 10.2 Å². The maximum absolute atomic E-state index is 12.6. The van der Waals surface area contributed by atoms with E-state index < -0.39 is 0 Å². The number of aromatic nitrogens is 2. The van der Waals surface area contributed by atoms with Gasteiger partial charge in [0, 0.05) is 24.0 Å². The Morgan fingerprint density at radius 1 is 1.32 bits per heavy atom. The monoisotopic (exact) mass is 359 g/mol. The predicted octanol–water partition coefficient (Wildman–Crippen LogP) is 3.52. The van der Waals surface area contributed by atoms with Gasteiger partial charge in [0.15, 0.2) is 0 Å². The van der Waals surface area contributed by atoms with E-state index in [-0.39, 0.29) is 6.03 Å². The zero-order valence-electron chi connectivity index (χ0n) is 14.7. The summed E-state index contributed by atoms with van der Waals surface area (Å²) >= 11 is 1.69. The SMILES string of the molecule is CCNc1ncnc2sc3c(c12)CCN(C(=O)NC1CCCCC1)C3. The fourth-order valence-corrected chi connectivity index (χ4v) is 5.12. The normalized spacial score (nSPS) is 18.2. The Morgan fingerprint density at radius 2 is 2.16 bits per heavy atom. The second-order valence-electron chi connectivity index (χ2n) is 6.89. The average molecular weight is 359 g/mol. The molecule has 1 aliphatic heterocycles. The summed E-state index contributed by atoms with van der Waals surface area (Å²) in [5.74, 6) is 0.921. The van der Waals surface area contributed by atoms with Crippen molar-refractivity contribution in [1.29, 1.82) is 0 Å². The van der Waals surface area contributed by atoms with Crippen molar-refractivity contribution in [2.24, 2.45) is 0 Å². The molecule has 0 saturated heterocycles. The number of hydrogen-bond donors (Lipinski definition) is 2. The minimum Gasteiger partial charge on any atom is -0.370 e. The van der Waals surface area contributed by atoms with E-state index in [9.17, 15) is 4.79 Å². The van der Waals surface area contributed by atoms with Gasteiger partial charge in [-0.05, 0) is 31.7 Å². The lowest BCUT2D eigenvalue weighted by atomic mass is 9.96. The Bertz CT molecular complexity index is 768. The summed E-state index contributed by atoms with van der Waals surface area (Å²) in [6.07, 6.45) is 8.50. The highest BCUT2D eigenvalue weighted by molar-refractivity contribution is 7.19. The summed E-state index contributed by atoms with van der Waals surface area (Å²) in [6.45, 7) is 4.36. The molecule has 1 saturated carbocycles. The second-order valence-corrected chi connectivity index (χ2v) is 7.98. The van der Waals surface area contributed by atoms with Crippen LogP contribution in [0.3, 0.4) is 0 Å². The van der Waals surface area contributed by atoms with Crippen molar-refractivity contribution in [3.05, 3.63) is 16.8 Å². The van der Waals surface area contributed by atoms with Gasteiger partial charge in [-0.15, -0.1) is 11.3 Å². The zero-order valence-corrected chi connectivity index (χ0v) is 15.5. The smallest absolute Gasteiger partial charge is 0.317 e. The summed E-state index contributed by atoms with van der Waals surface area (Å²) in [5, 5.41) is 7.72. The van der Waals surface area contributed by atoms with E-state index >= 15 is 0 Å². The molecule has 2 aromatic rings. The molecule has 2 aliphatic rings. The largest absolute Gasteiger partial charge is 0.370 e. The molecular weight excluding hydrogens is 334 g/mol. The van der Waals surface area contributed by atoms with Crippen molar-refractivity contribution in [3.8, 4) is 0 Å². The van der Waals surface area contributed by atoms with E-state index in [0.717, 1.165) is 48.4 Å². The number of nitrogens with one attached hydrogen (secondary N) is 2. The van der Waals surface area contributed by atoms with Crippen LogP contribution in [0.4, 0.5) is 10.6 Å². The van der Waals surface area contributed by atoms with Crippen molar-refractivity contribution in [2.75, 3.05) is 18.4 Å². The van der Waals surface area contributed by atoms with Crippen molar-refractivity contribution >= 4 is 33.4 Å². The molecule has 25 heavy (non-hydrogen) atoms. The molecule has 1 fully saturated rings. The standard InChI is InChI=1S/C18H25N5OS/c1-2-19-16-15-13-8-9-23(10-14(13)25-17(15)21-11-20-16)18(24)22-12-6-4-3-5-7-12/h11-12H,2-10H2,1H3,(H,22,24)(H,19,20,21). The second kappa shape index (κ2) is 7.15. The predicted molar refractivity (Wildman–Crippen MR) is 101 cm³/mol. The average Bonchev–Trinajstić information content (AvgIpc) is 3.01. The van der Waals surface area contributed by atoms with Crippen LogP contribution < -0.4 is 10.6 Å². The summed E-state index contributed by atoms with van der Waals surface area (Å²) in [5.41, 5.74) is 1.32. The number of carbonyl (C=O) groups excluding carboxylic acids is 1. The van der Waals surface area contributed by atoms with Crippen LogP contribution in [0.2, 0.25) is 0 Å². The lowest BCUT2D eigenvalue weighted by Crippen LogP contribution is -2.46. The molecule has 2 N–H and O–H groups in total. The molecule has 2 amide bonds. The number of nitrogens with zero attached hydrogens (tertiary/aromatic N) is 3. The van der Waals surface area contributed by atoms with E-state index in [1.54, 1.807) is 17.7 Å². The van der Waals surface area contributed by atoms with Crippen LogP contribution in [0.15, 0.2) is 6.33 Å². The highest BCUT2D eigenvalue weighted by atomic mass is 32.1. The lowest BCUT2D eigenvalue weighted by molar-refractivity contribution is 0.185. The molecule has 0 atom stereocenters. The minimum absolute atomic E-state index is 0.0907. The minimum atomic E-state index is 0.0907. The topological polar surface area (TPSA) is 70.2 Å². The van der Waals surface area contributed by atoms with Crippen LogP contribution in [0, 0.1) is 0 Å². The highest BCUT2D eigenvalue weighted by Gasteiger charge is 2.27. The summed E-state index contributed by atoms with van der Waals surface area (Å²) < 4.78 is 0. The molecular formula is C18H25N5OS. The number of fused-ring (bicyclic) bond motifs is 3. The first-order valence-electron chi connectivity index (χ1n) is 9.30. The lowest BCUT2D eigenvalue weighted by Gasteiger charge is -2.30. The van der Waals surface area contributed by atoms with Crippen LogP contribution in [-0.4, -0.2) is 40.0 Å². The van der Waals surface area contributed by atoms with Crippen LogP contribution in [-0.2, 0) is 13.0 Å². The van der Waals surface area contributed by atoms with Crippen LogP contribution >= 0.6 is 11.3 Å². The Morgan fingerprint density at radius 3 is 2.96 bits per heavy atom. The van der Waals surface area contributed by atoms with E-state index in [0.29, 0.717) is 12.6 Å². The van der Waals surface area contributed by atoms with Crippen molar-refractivity contribution in [3.63, 3.8) is 0 Å². The number of rotatable bonds is 3. The van der Waals surface area contributed by atoms with Gasteiger partial charge in [0.25, 0.3) is 0 Å². The maximum Gasteiger partial charge on any atom is 0.317 e. The Kier molecular flexibility index (Phi) is 4.74. The molecule has 0 aromatic carbocycles. The van der Waals surface area contributed by atoms with Gasteiger partial charge in [0.2, 0.25) is 0 Å². The third kappa shape index (κ3) is 3.29. The molecule has 7 heteroatoms. The summed E-state index contributed by atoms with van der Waals surface area (Å²) in [6, 6.07) is 0.448. The molecule has 0 spiro atoms. The molecule has 0 bridgehead atoms. The first kappa shape index (κ1) is 16.6. The number of carbonyl (C=O) groups is 1.